The highest BCUT2D eigenvalue weighted by atomic mass is 32.2. The fourth-order valence-electron chi connectivity index (χ4n) is 2.73. The summed E-state index contributed by atoms with van der Waals surface area (Å²) in [7, 11) is -3.69. The lowest BCUT2D eigenvalue weighted by Crippen LogP contribution is -2.06. The molecule has 3 aromatic rings. The highest BCUT2D eigenvalue weighted by Gasteiger charge is 2.16. The minimum Gasteiger partial charge on any atom is -0.508 e. The van der Waals surface area contributed by atoms with Crippen LogP contribution in [0.3, 0.4) is 0 Å². The van der Waals surface area contributed by atoms with Crippen LogP contribution in [0.5, 0.6) is 17.2 Å². The molecule has 6 nitrogen and oxygen atoms in total. The maximum absolute atomic E-state index is 12.6. The summed E-state index contributed by atoms with van der Waals surface area (Å²) >= 11 is 0. The van der Waals surface area contributed by atoms with Gasteiger partial charge in [-0.2, -0.15) is 0 Å². The average molecular weight is 410 g/mol. The zero-order valence-corrected chi connectivity index (χ0v) is 16.0. The van der Waals surface area contributed by atoms with Crippen LogP contribution in [0.15, 0.2) is 77.7 Å². The molecule has 3 N–H and O–H groups in total. The van der Waals surface area contributed by atoms with Gasteiger partial charge < -0.3 is 15.3 Å². The molecule has 0 aliphatic heterocycles. The number of phenolic OH excluding ortho intramolecular Hbond substituents is 3. The Morgan fingerprint density at radius 1 is 0.862 bits per heavy atom. The minimum atomic E-state index is -3.69. The van der Waals surface area contributed by atoms with E-state index in [1.165, 1.54) is 54.6 Å². The first kappa shape index (κ1) is 20.2. The monoisotopic (exact) mass is 410 g/mol. The van der Waals surface area contributed by atoms with Crippen LogP contribution >= 0.6 is 0 Å². The molecule has 0 fully saturated rings. The number of carbonyl (C=O) groups excluding carboxylic acids is 1. The van der Waals surface area contributed by atoms with Gasteiger partial charge in [-0.05, 0) is 54.1 Å². The Bertz CT molecular complexity index is 1200. The van der Waals surface area contributed by atoms with Crippen LogP contribution in [0.1, 0.15) is 21.5 Å². The Hall–Kier alpha value is -3.58. The zero-order chi connectivity index (χ0) is 21.0. The molecule has 3 aromatic carbocycles. The Balaban J connectivity index is 1.80. The summed E-state index contributed by atoms with van der Waals surface area (Å²) in [6, 6.07) is 15.7. The van der Waals surface area contributed by atoms with Crippen LogP contribution < -0.4 is 0 Å². The van der Waals surface area contributed by atoms with E-state index in [4.69, 9.17) is 0 Å². The molecule has 0 unspecified atom stereocenters. The van der Waals surface area contributed by atoms with Crippen molar-refractivity contribution in [3.63, 3.8) is 0 Å². The summed E-state index contributed by atoms with van der Waals surface area (Å²) in [5, 5.41) is 28.6. The summed E-state index contributed by atoms with van der Waals surface area (Å²) in [5.74, 6) is -1.08. The van der Waals surface area contributed by atoms with Gasteiger partial charge in [-0.3, -0.25) is 4.79 Å². The maximum atomic E-state index is 12.6. The molecule has 29 heavy (non-hydrogen) atoms. The Morgan fingerprint density at radius 3 is 2.31 bits per heavy atom. The van der Waals surface area contributed by atoms with Gasteiger partial charge in [-0.15, -0.1) is 0 Å². The van der Waals surface area contributed by atoms with E-state index in [9.17, 15) is 28.5 Å². The Labute approximate surface area is 167 Å². The summed E-state index contributed by atoms with van der Waals surface area (Å²) in [5.41, 5.74) is 1.09. The number of aromatic hydroxyl groups is 3. The molecule has 148 valence electrons. The van der Waals surface area contributed by atoms with E-state index >= 15 is 0 Å². The van der Waals surface area contributed by atoms with Gasteiger partial charge in [0.15, 0.2) is 15.6 Å². The van der Waals surface area contributed by atoms with Gasteiger partial charge in [-0.25, -0.2) is 8.42 Å². The lowest BCUT2D eigenvalue weighted by Gasteiger charge is -2.06. The van der Waals surface area contributed by atoms with Crippen molar-refractivity contribution < 1.29 is 28.5 Å². The van der Waals surface area contributed by atoms with Gasteiger partial charge >= 0.3 is 0 Å². The van der Waals surface area contributed by atoms with Crippen LogP contribution in [-0.4, -0.2) is 29.5 Å². The zero-order valence-electron chi connectivity index (χ0n) is 15.2. The van der Waals surface area contributed by atoms with Crippen LogP contribution in [0.2, 0.25) is 0 Å². The van der Waals surface area contributed by atoms with E-state index in [0.717, 1.165) is 6.07 Å². The van der Waals surface area contributed by atoms with Crippen molar-refractivity contribution in [3.05, 3.63) is 89.5 Å². The Morgan fingerprint density at radius 2 is 1.59 bits per heavy atom. The molecule has 3 rings (SSSR count). The van der Waals surface area contributed by atoms with Crippen molar-refractivity contribution in [3.8, 4) is 17.2 Å². The number of benzene rings is 3. The number of rotatable bonds is 6. The molecule has 0 heterocycles. The highest BCUT2D eigenvalue weighted by molar-refractivity contribution is 7.90. The number of sulfone groups is 1. The van der Waals surface area contributed by atoms with E-state index in [1.54, 1.807) is 18.2 Å². The highest BCUT2D eigenvalue weighted by Crippen LogP contribution is 2.24. The van der Waals surface area contributed by atoms with E-state index in [2.05, 4.69) is 0 Å². The molecule has 7 heteroatoms. The molecule has 0 spiro atoms. The molecular weight excluding hydrogens is 392 g/mol. The molecule has 0 aliphatic rings. The van der Waals surface area contributed by atoms with E-state index < -0.39 is 9.84 Å². The largest absolute Gasteiger partial charge is 0.508 e. The standard InChI is InChI=1S/C22H18O6S/c23-18-5-2-6-20(12-18)29(27,28)14-15-3-1-4-17(11-15)21(25)10-8-16-7-9-19(24)13-22(16)26/h1-13,23-24,26H,14H2/b10-8+. The lowest BCUT2D eigenvalue weighted by atomic mass is 10.1. The molecule has 0 atom stereocenters. The van der Waals surface area contributed by atoms with Crippen LogP contribution in [-0.2, 0) is 15.6 Å². The summed E-state index contributed by atoms with van der Waals surface area (Å²) in [6.07, 6.45) is 2.67. The van der Waals surface area contributed by atoms with Gasteiger partial charge in [-0.1, -0.05) is 24.3 Å². The SMILES string of the molecule is O=C(/C=C/c1ccc(O)cc1O)c1cccc(CS(=O)(=O)c2cccc(O)c2)c1. The molecule has 0 saturated carbocycles. The molecule has 0 bridgehead atoms. The van der Waals surface area contributed by atoms with E-state index in [1.807, 2.05) is 0 Å². The third-order valence-corrected chi connectivity index (χ3v) is 5.86. The molecular formula is C22H18O6S. The number of allylic oxidation sites excluding steroid dienone is 1. The molecule has 0 amide bonds. The lowest BCUT2D eigenvalue weighted by molar-refractivity contribution is 0.104. The van der Waals surface area contributed by atoms with E-state index in [-0.39, 0.29) is 33.7 Å². The van der Waals surface area contributed by atoms with Crippen LogP contribution in [0.25, 0.3) is 6.08 Å². The van der Waals surface area contributed by atoms with Crippen molar-refractivity contribution >= 4 is 21.7 Å². The van der Waals surface area contributed by atoms with Crippen molar-refractivity contribution in [1.29, 1.82) is 0 Å². The van der Waals surface area contributed by atoms with Crippen molar-refractivity contribution in [1.82, 2.24) is 0 Å². The van der Waals surface area contributed by atoms with Crippen LogP contribution in [0, 0.1) is 0 Å². The summed E-state index contributed by atoms with van der Waals surface area (Å²) < 4.78 is 25.1. The molecule has 0 aromatic heterocycles. The predicted molar refractivity (Wildman–Crippen MR) is 109 cm³/mol. The smallest absolute Gasteiger partial charge is 0.185 e. The number of ketones is 1. The van der Waals surface area contributed by atoms with Gasteiger partial charge in [0.1, 0.15) is 17.2 Å². The molecule has 0 saturated heterocycles. The third-order valence-electron chi connectivity index (χ3n) is 4.17. The average Bonchev–Trinajstić information content (AvgIpc) is 2.67. The topological polar surface area (TPSA) is 112 Å². The Kier molecular flexibility index (Phi) is 5.70. The number of hydrogen-bond donors (Lipinski definition) is 3. The second-order valence-electron chi connectivity index (χ2n) is 6.40. The van der Waals surface area contributed by atoms with E-state index in [0.29, 0.717) is 16.7 Å². The number of carbonyl (C=O) groups is 1. The van der Waals surface area contributed by atoms with Gasteiger partial charge in [0.2, 0.25) is 0 Å². The maximum Gasteiger partial charge on any atom is 0.185 e. The first-order valence-corrected chi connectivity index (χ1v) is 10.2. The summed E-state index contributed by atoms with van der Waals surface area (Å²) in [4.78, 5) is 12.4. The first-order valence-electron chi connectivity index (χ1n) is 8.60. The van der Waals surface area contributed by atoms with Gasteiger partial charge in [0.05, 0.1) is 10.6 Å². The number of hydrogen-bond acceptors (Lipinski definition) is 6. The second kappa shape index (κ2) is 8.20. The fraction of sp³-hybridized carbons (Fsp3) is 0.0455. The molecule has 0 aliphatic carbocycles. The second-order valence-corrected chi connectivity index (χ2v) is 8.39. The van der Waals surface area contributed by atoms with Crippen LogP contribution in [0.4, 0.5) is 0 Å². The minimum absolute atomic E-state index is 0.00284. The normalized spacial score (nSPS) is 11.6. The van der Waals surface area contributed by atoms with Gasteiger partial charge in [0.25, 0.3) is 0 Å². The fourth-order valence-corrected chi connectivity index (χ4v) is 4.10. The molecule has 0 radical (unpaired) electrons. The number of phenols is 3. The summed E-state index contributed by atoms with van der Waals surface area (Å²) in [6.45, 7) is 0. The first-order chi connectivity index (χ1) is 13.7. The van der Waals surface area contributed by atoms with Crippen molar-refractivity contribution in [2.45, 2.75) is 10.6 Å². The van der Waals surface area contributed by atoms with Crippen molar-refractivity contribution in [2.24, 2.45) is 0 Å². The van der Waals surface area contributed by atoms with Gasteiger partial charge in [0, 0.05) is 17.2 Å². The quantitative estimate of drug-likeness (QED) is 0.422. The predicted octanol–water partition coefficient (Wildman–Crippen LogP) is 3.67. The third kappa shape index (κ3) is 5.03. The van der Waals surface area contributed by atoms with Crippen molar-refractivity contribution in [2.75, 3.05) is 0 Å².